The molecule has 0 aromatic carbocycles. The van der Waals surface area contributed by atoms with Crippen LogP contribution in [0.4, 0.5) is 13.2 Å². The lowest BCUT2D eigenvalue weighted by Crippen LogP contribution is -2.25. The quantitative estimate of drug-likeness (QED) is 0.604. The van der Waals surface area contributed by atoms with Crippen LogP contribution >= 0.6 is 0 Å². The van der Waals surface area contributed by atoms with Gasteiger partial charge in [-0.15, -0.1) is 13.2 Å². The van der Waals surface area contributed by atoms with Crippen molar-refractivity contribution in [2.24, 2.45) is 0 Å². The van der Waals surface area contributed by atoms with Gasteiger partial charge in [-0.05, 0) is 0 Å². The van der Waals surface area contributed by atoms with Gasteiger partial charge in [0.25, 0.3) is 0 Å². The Bertz CT molecular complexity index is 92.2. The molecule has 0 aromatic heterocycles. The maximum absolute atomic E-state index is 11.1. The van der Waals surface area contributed by atoms with Crippen LogP contribution in [-0.2, 0) is 4.74 Å². The maximum Gasteiger partial charge on any atom is 0.522 e. The molecule has 0 rings (SSSR count). The van der Waals surface area contributed by atoms with Crippen LogP contribution < -0.4 is 0 Å². The van der Waals surface area contributed by atoms with Crippen molar-refractivity contribution in [2.75, 3.05) is 13.2 Å². The highest BCUT2D eigenvalue weighted by Gasteiger charge is 2.29. The van der Waals surface area contributed by atoms with Gasteiger partial charge in [-0.1, -0.05) is 0 Å². The van der Waals surface area contributed by atoms with Gasteiger partial charge >= 0.3 is 6.36 Å². The van der Waals surface area contributed by atoms with Crippen LogP contribution in [0.15, 0.2) is 0 Å². The van der Waals surface area contributed by atoms with Crippen LogP contribution in [0.5, 0.6) is 0 Å². The number of hydrogen-bond acceptors (Lipinski definition) is 3. The van der Waals surface area contributed by atoms with Gasteiger partial charge in [-0.25, -0.2) is 0 Å². The molecule has 0 saturated heterocycles. The van der Waals surface area contributed by atoms with Crippen molar-refractivity contribution in [1.29, 1.82) is 0 Å². The van der Waals surface area contributed by atoms with E-state index in [-0.39, 0.29) is 0 Å². The second-order valence-corrected chi connectivity index (χ2v) is 1.59. The second-order valence-electron chi connectivity index (χ2n) is 1.59. The zero-order valence-corrected chi connectivity index (χ0v) is 4.93. The Labute approximate surface area is 55.0 Å². The van der Waals surface area contributed by atoms with Crippen molar-refractivity contribution < 1.29 is 28.1 Å². The van der Waals surface area contributed by atoms with E-state index < -0.39 is 25.7 Å². The molecule has 0 radical (unpaired) electrons. The first kappa shape index (κ1) is 9.67. The van der Waals surface area contributed by atoms with Gasteiger partial charge in [0.1, 0.15) is 6.10 Å². The molecule has 1 unspecified atom stereocenters. The van der Waals surface area contributed by atoms with Crippen LogP contribution in [0.1, 0.15) is 0 Å². The number of aliphatic hydroxyl groups excluding tert-OH is 2. The minimum atomic E-state index is -4.74. The molecule has 1 atom stereocenters. The largest absolute Gasteiger partial charge is 0.522 e. The van der Waals surface area contributed by atoms with Crippen molar-refractivity contribution in [2.45, 2.75) is 12.5 Å². The number of halogens is 3. The fraction of sp³-hybridized carbons (Fsp3) is 1.00. The number of aliphatic hydroxyl groups is 2. The van der Waals surface area contributed by atoms with Crippen LogP contribution in [0, 0.1) is 0 Å². The summed E-state index contributed by atoms with van der Waals surface area (Å²) < 4.78 is 36.6. The molecular formula is C4H7F3O3. The van der Waals surface area contributed by atoms with E-state index in [2.05, 4.69) is 4.74 Å². The van der Waals surface area contributed by atoms with E-state index >= 15 is 0 Å². The molecule has 0 aromatic rings. The van der Waals surface area contributed by atoms with E-state index in [0.29, 0.717) is 0 Å². The Morgan fingerprint density at radius 2 is 1.90 bits per heavy atom. The topological polar surface area (TPSA) is 49.7 Å². The summed E-state index contributed by atoms with van der Waals surface area (Å²) in [6.07, 6.45) is -6.21. The molecule has 0 saturated carbocycles. The third-order valence-electron chi connectivity index (χ3n) is 0.650. The molecule has 0 heterocycles. The van der Waals surface area contributed by atoms with Crippen LogP contribution in [0.3, 0.4) is 0 Å². The second kappa shape index (κ2) is 3.75. The number of rotatable bonds is 3. The summed E-state index contributed by atoms with van der Waals surface area (Å²) >= 11 is 0. The number of ether oxygens (including phenoxy) is 1. The first-order chi connectivity index (χ1) is 4.45. The summed E-state index contributed by atoms with van der Waals surface area (Å²) in [6.45, 7) is -1.67. The Hall–Kier alpha value is -0.330. The summed E-state index contributed by atoms with van der Waals surface area (Å²) in [7, 11) is 0. The molecule has 10 heavy (non-hydrogen) atoms. The van der Waals surface area contributed by atoms with E-state index in [4.69, 9.17) is 10.2 Å². The van der Waals surface area contributed by atoms with Crippen molar-refractivity contribution in [3.8, 4) is 0 Å². The average molecular weight is 160 g/mol. The van der Waals surface area contributed by atoms with Gasteiger partial charge < -0.3 is 10.2 Å². The van der Waals surface area contributed by atoms with E-state index in [9.17, 15) is 13.2 Å². The standard InChI is InChI=1S/C4H7F3O3/c5-4(6,7)10-2-3(9)1-8/h3,8-9H,1-2H2. The van der Waals surface area contributed by atoms with Crippen molar-refractivity contribution >= 4 is 0 Å². The molecule has 0 amide bonds. The fourth-order valence-corrected chi connectivity index (χ4v) is 0.243. The zero-order valence-electron chi connectivity index (χ0n) is 4.93. The Morgan fingerprint density at radius 1 is 1.40 bits per heavy atom. The maximum atomic E-state index is 11.1. The van der Waals surface area contributed by atoms with Gasteiger partial charge in [0.05, 0.1) is 13.2 Å². The zero-order chi connectivity index (χ0) is 8.20. The predicted molar refractivity (Wildman–Crippen MR) is 25.1 cm³/mol. The van der Waals surface area contributed by atoms with Gasteiger partial charge in [0.15, 0.2) is 0 Å². The predicted octanol–water partition coefficient (Wildman–Crippen LogP) is -0.124. The molecule has 3 nitrogen and oxygen atoms in total. The third-order valence-corrected chi connectivity index (χ3v) is 0.650. The van der Waals surface area contributed by atoms with E-state index in [1.165, 1.54) is 0 Å². The molecule has 0 aliphatic heterocycles. The van der Waals surface area contributed by atoms with Crippen molar-refractivity contribution in [1.82, 2.24) is 0 Å². The monoisotopic (exact) mass is 160 g/mol. The summed E-state index contributed by atoms with van der Waals surface area (Å²) in [6, 6.07) is 0. The SMILES string of the molecule is OCC(O)COC(F)(F)F. The molecule has 0 aliphatic rings. The third kappa shape index (κ3) is 5.80. The molecule has 2 N–H and O–H groups in total. The highest BCUT2D eigenvalue weighted by atomic mass is 19.4. The Morgan fingerprint density at radius 3 is 2.20 bits per heavy atom. The molecular weight excluding hydrogens is 153 g/mol. The summed E-state index contributed by atoms with van der Waals surface area (Å²) in [5.74, 6) is 0. The molecule has 62 valence electrons. The van der Waals surface area contributed by atoms with E-state index in [0.717, 1.165) is 0 Å². The van der Waals surface area contributed by atoms with Gasteiger partial charge in [0, 0.05) is 0 Å². The van der Waals surface area contributed by atoms with E-state index in [1.807, 2.05) is 0 Å². The number of hydrogen-bond donors (Lipinski definition) is 2. The Kier molecular flexibility index (Phi) is 3.62. The van der Waals surface area contributed by atoms with E-state index in [1.54, 1.807) is 0 Å². The smallest absolute Gasteiger partial charge is 0.394 e. The van der Waals surface area contributed by atoms with Gasteiger partial charge in [0.2, 0.25) is 0 Å². The molecule has 0 fully saturated rings. The minimum absolute atomic E-state index is 0.740. The van der Waals surface area contributed by atoms with Gasteiger partial charge in [-0.3, -0.25) is 4.74 Å². The molecule has 0 spiro atoms. The summed E-state index contributed by atoms with van der Waals surface area (Å²) in [4.78, 5) is 0. The Balaban J connectivity index is 3.36. The average Bonchev–Trinajstić information content (AvgIpc) is 1.81. The lowest BCUT2D eigenvalue weighted by atomic mass is 10.4. The first-order valence-electron chi connectivity index (χ1n) is 2.45. The van der Waals surface area contributed by atoms with Crippen LogP contribution in [0.2, 0.25) is 0 Å². The van der Waals surface area contributed by atoms with Crippen LogP contribution in [0.25, 0.3) is 0 Å². The van der Waals surface area contributed by atoms with Gasteiger partial charge in [-0.2, -0.15) is 0 Å². The highest BCUT2D eigenvalue weighted by molar-refractivity contribution is 4.48. The normalized spacial score (nSPS) is 15.3. The van der Waals surface area contributed by atoms with Crippen molar-refractivity contribution in [3.63, 3.8) is 0 Å². The molecule has 0 bridgehead atoms. The first-order valence-corrected chi connectivity index (χ1v) is 2.45. The fourth-order valence-electron chi connectivity index (χ4n) is 0.243. The lowest BCUT2D eigenvalue weighted by Gasteiger charge is -2.09. The summed E-state index contributed by atoms with van der Waals surface area (Å²) in [5, 5.41) is 16.4. The summed E-state index contributed by atoms with van der Waals surface area (Å²) in [5.41, 5.74) is 0. The minimum Gasteiger partial charge on any atom is -0.394 e. The lowest BCUT2D eigenvalue weighted by molar-refractivity contribution is -0.331. The highest BCUT2D eigenvalue weighted by Crippen LogP contribution is 2.15. The molecule has 0 aliphatic carbocycles. The van der Waals surface area contributed by atoms with Crippen molar-refractivity contribution in [3.05, 3.63) is 0 Å². The number of alkyl halides is 3. The van der Waals surface area contributed by atoms with Crippen LogP contribution in [-0.4, -0.2) is 35.9 Å². The molecule has 6 heteroatoms.